The summed E-state index contributed by atoms with van der Waals surface area (Å²) in [6.45, 7) is 1.48. The quantitative estimate of drug-likeness (QED) is 0.332. The molecule has 3 N–H and O–H groups in total. The molecule has 1 aromatic heterocycles. The van der Waals surface area contributed by atoms with Crippen molar-refractivity contribution in [3.63, 3.8) is 0 Å². The van der Waals surface area contributed by atoms with Gasteiger partial charge in [-0.15, -0.1) is 0 Å². The van der Waals surface area contributed by atoms with Gasteiger partial charge in [-0.3, -0.25) is 10.2 Å². The van der Waals surface area contributed by atoms with Crippen molar-refractivity contribution < 1.29 is 18.0 Å². The predicted molar refractivity (Wildman–Crippen MR) is 45.1 cm³/mol. The number of carbonyl (C=O) groups excluding carboxylic acids is 1. The molecule has 1 aromatic rings. The van der Waals surface area contributed by atoms with Gasteiger partial charge >= 0.3 is 0 Å². The molecule has 0 spiro atoms. The molecule has 0 aromatic carbocycles. The first-order chi connectivity index (χ1) is 7.02. The molecule has 0 unspecified atom stereocenters. The minimum Gasteiger partial charge on any atom is -0.290 e. The molecule has 15 heavy (non-hydrogen) atoms. The average molecular weight is 219 g/mol. The van der Waals surface area contributed by atoms with E-state index in [2.05, 4.69) is 10.8 Å². The van der Waals surface area contributed by atoms with E-state index >= 15 is 0 Å². The molecule has 0 aliphatic heterocycles. The monoisotopic (exact) mass is 219 g/mol. The highest BCUT2D eigenvalue weighted by Crippen LogP contribution is 2.17. The molecule has 4 nitrogen and oxygen atoms in total. The molecule has 0 atom stereocenters. The smallest absolute Gasteiger partial charge is 0.272 e. The van der Waals surface area contributed by atoms with Gasteiger partial charge in [0, 0.05) is 0 Å². The minimum absolute atomic E-state index is 0.0181. The fourth-order valence-corrected chi connectivity index (χ4v) is 1.05. The summed E-state index contributed by atoms with van der Waals surface area (Å²) in [6, 6.07) is 0. The van der Waals surface area contributed by atoms with Crippen molar-refractivity contribution in [3.05, 3.63) is 28.8 Å². The molecule has 0 radical (unpaired) electrons. The van der Waals surface area contributed by atoms with E-state index in [0.29, 0.717) is 0 Å². The third-order valence-corrected chi connectivity index (χ3v) is 1.80. The normalized spacial score (nSPS) is 10.2. The molecule has 0 aliphatic rings. The molecular formula is C8H8F3N3O. The lowest BCUT2D eigenvalue weighted by atomic mass is 10.2. The molecule has 0 aliphatic carbocycles. The molecule has 7 heteroatoms. The van der Waals surface area contributed by atoms with Gasteiger partial charge in [0.1, 0.15) is 5.56 Å². The SMILES string of the molecule is CCc1nc(F)c(C(=O)NN)c(F)c1F. The summed E-state index contributed by atoms with van der Waals surface area (Å²) in [5.74, 6) is -0.883. The van der Waals surface area contributed by atoms with Gasteiger partial charge < -0.3 is 0 Å². The Morgan fingerprint density at radius 2 is 2.00 bits per heavy atom. The zero-order valence-electron chi connectivity index (χ0n) is 7.77. The number of amides is 1. The van der Waals surface area contributed by atoms with Crippen molar-refractivity contribution in [2.75, 3.05) is 0 Å². The molecule has 0 fully saturated rings. The Hall–Kier alpha value is -1.63. The van der Waals surface area contributed by atoms with Crippen LogP contribution in [0.2, 0.25) is 0 Å². The van der Waals surface area contributed by atoms with E-state index in [9.17, 15) is 18.0 Å². The maximum Gasteiger partial charge on any atom is 0.272 e. The van der Waals surface area contributed by atoms with Crippen LogP contribution in [0.1, 0.15) is 23.0 Å². The fourth-order valence-electron chi connectivity index (χ4n) is 1.05. The number of carbonyl (C=O) groups is 1. The standard InChI is InChI=1S/C8H8F3N3O/c1-2-3-5(9)6(10)4(7(11)13-3)8(15)14-12/h2,12H2,1H3,(H,14,15). The number of hydrogen-bond acceptors (Lipinski definition) is 3. The maximum atomic E-state index is 13.2. The number of nitrogen functional groups attached to an aromatic ring is 1. The van der Waals surface area contributed by atoms with Crippen molar-refractivity contribution in [1.82, 2.24) is 10.4 Å². The number of hydrazine groups is 1. The minimum atomic E-state index is -1.58. The fraction of sp³-hybridized carbons (Fsp3) is 0.250. The second kappa shape index (κ2) is 4.26. The summed E-state index contributed by atoms with van der Waals surface area (Å²) in [6.07, 6.45) is 0.0181. The van der Waals surface area contributed by atoms with E-state index in [1.165, 1.54) is 12.3 Å². The highest BCUT2D eigenvalue weighted by molar-refractivity contribution is 5.94. The van der Waals surface area contributed by atoms with Gasteiger partial charge in [-0.25, -0.2) is 19.6 Å². The number of rotatable bonds is 2. The van der Waals surface area contributed by atoms with Crippen LogP contribution >= 0.6 is 0 Å². The summed E-state index contributed by atoms with van der Waals surface area (Å²) >= 11 is 0. The number of nitrogens with two attached hydrogens (primary N) is 1. The Balaban J connectivity index is 3.42. The van der Waals surface area contributed by atoms with Crippen LogP contribution in [0.15, 0.2) is 0 Å². The Morgan fingerprint density at radius 3 is 2.47 bits per heavy atom. The van der Waals surface area contributed by atoms with Gasteiger partial charge in [0.15, 0.2) is 11.6 Å². The first-order valence-corrected chi connectivity index (χ1v) is 4.07. The van der Waals surface area contributed by atoms with Gasteiger partial charge in [-0.05, 0) is 6.42 Å². The van der Waals surface area contributed by atoms with Crippen LogP contribution in [0.4, 0.5) is 13.2 Å². The molecule has 0 saturated heterocycles. The van der Waals surface area contributed by atoms with Crippen LogP contribution in [0, 0.1) is 17.6 Å². The van der Waals surface area contributed by atoms with Crippen molar-refractivity contribution in [2.45, 2.75) is 13.3 Å². The Morgan fingerprint density at radius 1 is 1.40 bits per heavy atom. The summed E-state index contributed by atoms with van der Waals surface area (Å²) in [7, 11) is 0. The number of aryl methyl sites for hydroxylation is 1. The Bertz CT molecular complexity index is 409. The number of nitrogens with zero attached hydrogens (tertiary/aromatic N) is 1. The zero-order valence-corrected chi connectivity index (χ0v) is 7.77. The lowest BCUT2D eigenvalue weighted by Crippen LogP contribution is -2.32. The van der Waals surface area contributed by atoms with Gasteiger partial charge in [-0.1, -0.05) is 6.92 Å². The maximum absolute atomic E-state index is 13.2. The van der Waals surface area contributed by atoms with Gasteiger partial charge in [0.05, 0.1) is 5.69 Å². The van der Waals surface area contributed by atoms with Gasteiger partial charge in [-0.2, -0.15) is 4.39 Å². The van der Waals surface area contributed by atoms with E-state index in [-0.39, 0.29) is 12.1 Å². The number of halogens is 3. The third kappa shape index (κ3) is 1.91. The van der Waals surface area contributed by atoms with Crippen LogP contribution in [0.25, 0.3) is 0 Å². The van der Waals surface area contributed by atoms with E-state index in [4.69, 9.17) is 0 Å². The number of aromatic nitrogens is 1. The van der Waals surface area contributed by atoms with Gasteiger partial charge in [0.25, 0.3) is 5.91 Å². The largest absolute Gasteiger partial charge is 0.290 e. The van der Waals surface area contributed by atoms with Crippen LogP contribution < -0.4 is 11.3 Å². The summed E-state index contributed by atoms with van der Waals surface area (Å²) in [4.78, 5) is 14.0. The van der Waals surface area contributed by atoms with E-state index in [0.717, 1.165) is 0 Å². The van der Waals surface area contributed by atoms with Crippen LogP contribution in [0.3, 0.4) is 0 Å². The Labute approximate surface area is 83.3 Å². The van der Waals surface area contributed by atoms with E-state index < -0.39 is 29.1 Å². The lowest BCUT2D eigenvalue weighted by Gasteiger charge is -2.06. The summed E-state index contributed by atoms with van der Waals surface area (Å²) in [5.41, 5.74) is 0.00736. The average Bonchev–Trinajstić information content (AvgIpc) is 2.23. The van der Waals surface area contributed by atoms with Gasteiger partial charge in [0.2, 0.25) is 5.95 Å². The van der Waals surface area contributed by atoms with Crippen molar-refractivity contribution in [2.24, 2.45) is 5.84 Å². The first kappa shape index (κ1) is 11.4. The molecule has 82 valence electrons. The number of nitrogens with one attached hydrogen (secondary N) is 1. The number of hydrogen-bond donors (Lipinski definition) is 2. The molecule has 1 amide bonds. The highest BCUT2D eigenvalue weighted by atomic mass is 19.2. The van der Waals surface area contributed by atoms with Crippen LogP contribution in [0.5, 0.6) is 0 Å². The molecule has 0 saturated carbocycles. The van der Waals surface area contributed by atoms with Crippen molar-refractivity contribution in [1.29, 1.82) is 0 Å². The van der Waals surface area contributed by atoms with Crippen LogP contribution in [-0.2, 0) is 6.42 Å². The summed E-state index contributed by atoms with van der Waals surface area (Å²) in [5, 5.41) is 0. The van der Waals surface area contributed by atoms with Crippen molar-refractivity contribution in [3.8, 4) is 0 Å². The second-order valence-corrected chi connectivity index (χ2v) is 2.68. The molecule has 0 bridgehead atoms. The predicted octanol–water partition coefficient (Wildman–Crippen LogP) is 0.665. The zero-order chi connectivity index (χ0) is 11.6. The van der Waals surface area contributed by atoms with E-state index in [1.54, 1.807) is 0 Å². The Kier molecular flexibility index (Phi) is 3.25. The topological polar surface area (TPSA) is 68.0 Å². The molecular weight excluding hydrogens is 211 g/mol. The first-order valence-electron chi connectivity index (χ1n) is 4.07. The van der Waals surface area contributed by atoms with E-state index in [1.807, 2.05) is 0 Å². The lowest BCUT2D eigenvalue weighted by molar-refractivity contribution is 0.0942. The molecule has 1 heterocycles. The molecule has 1 rings (SSSR count). The highest BCUT2D eigenvalue weighted by Gasteiger charge is 2.24. The van der Waals surface area contributed by atoms with Crippen LogP contribution in [-0.4, -0.2) is 10.9 Å². The second-order valence-electron chi connectivity index (χ2n) is 2.68. The number of pyridine rings is 1. The summed E-state index contributed by atoms with van der Waals surface area (Å²) < 4.78 is 39.4. The third-order valence-electron chi connectivity index (χ3n) is 1.80. The van der Waals surface area contributed by atoms with Crippen molar-refractivity contribution >= 4 is 5.91 Å².